The fraction of sp³-hybridized carbons (Fsp3) is 0.533. The van der Waals surface area contributed by atoms with Crippen molar-refractivity contribution in [3.05, 3.63) is 35.9 Å². The SMILES string of the molecule is CC(C)(C)OC(=O)N[C@H](Cc1ccccc1)[C@H]1CO1. The lowest BCUT2D eigenvalue weighted by Gasteiger charge is -2.23. The Labute approximate surface area is 114 Å². The van der Waals surface area contributed by atoms with Gasteiger partial charge in [-0.15, -0.1) is 0 Å². The van der Waals surface area contributed by atoms with E-state index in [1.54, 1.807) is 0 Å². The van der Waals surface area contributed by atoms with Crippen LogP contribution in [0.4, 0.5) is 4.79 Å². The number of rotatable bonds is 4. The molecule has 0 spiro atoms. The van der Waals surface area contributed by atoms with Crippen molar-refractivity contribution in [1.29, 1.82) is 0 Å². The van der Waals surface area contributed by atoms with E-state index in [0.29, 0.717) is 6.61 Å². The molecule has 1 aliphatic heterocycles. The largest absolute Gasteiger partial charge is 0.444 e. The van der Waals surface area contributed by atoms with Crippen LogP contribution in [-0.4, -0.2) is 30.4 Å². The molecule has 1 aromatic carbocycles. The van der Waals surface area contributed by atoms with Crippen molar-refractivity contribution in [1.82, 2.24) is 5.32 Å². The molecule has 0 aliphatic carbocycles. The Hall–Kier alpha value is -1.55. The molecule has 4 nitrogen and oxygen atoms in total. The van der Waals surface area contributed by atoms with Gasteiger partial charge in [-0.3, -0.25) is 0 Å². The van der Waals surface area contributed by atoms with Crippen molar-refractivity contribution < 1.29 is 14.3 Å². The number of hydrogen-bond acceptors (Lipinski definition) is 3. The maximum Gasteiger partial charge on any atom is 0.407 e. The standard InChI is InChI=1S/C15H21NO3/c1-15(2,3)19-14(17)16-12(13-10-18-13)9-11-7-5-4-6-8-11/h4-8,12-13H,9-10H2,1-3H3,(H,16,17)/t12-,13-/m1/s1. The summed E-state index contributed by atoms with van der Waals surface area (Å²) in [7, 11) is 0. The van der Waals surface area contributed by atoms with Gasteiger partial charge in [-0.25, -0.2) is 4.79 Å². The van der Waals surface area contributed by atoms with Gasteiger partial charge in [-0.2, -0.15) is 0 Å². The van der Waals surface area contributed by atoms with Gasteiger partial charge in [0.05, 0.1) is 12.6 Å². The zero-order valence-corrected chi connectivity index (χ0v) is 11.7. The Balaban J connectivity index is 1.92. The van der Waals surface area contributed by atoms with Crippen molar-refractivity contribution in [3.8, 4) is 0 Å². The minimum absolute atomic E-state index is 0.0303. The van der Waals surface area contributed by atoms with Crippen LogP contribution in [0.25, 0.3) is 0 Å². The first-order valence-electron chi connectivity index (χ1n) is 6.59. The lowest BCUT2D eigenvalue weighted by atomic mass is 10.0. The monoisotopic (exact) mass is 263 g/mol. The van der Waals surface area contributed by atoms with E-state index in [1.165, 1.54) is 5.56 Å². The Morgan fingerprint density at radius 3 is 2.58 bits per heavy atom. The second kappa shape index (κ2) is 5.61. The van der Waals surface area contributed by atoms with E-state index in [4.69, 9.17) is 9.47 Å². The van der Waals surface area contributed by atoms with E-state index in [9.17, 15) is 4.79 Å². The highest BCUT2D eigenvalue weighted by atomic mass is 16.6. The number of nitrogens with one attached hydrogen (secondary N) is 1. The van der Waals surface area contributed by atoms with E-state index in [2.05, 4.69) is 5.32 Å². The maximum absolute atomic E-state index is 11.8. The maximum atomic E-state index is 11.8. The number of ether oxygens (including phenoxy) is 2. The first-order chi connectivity index (χ1) is 8.94. The third kappa shape index (κ3) is 4.91. The Bertz CT molecular complexity index is 421. The highest BCUT2D eigenvalue weighted by Crippen LogP contribution is 2.18. The smallest absolute Gasteiger partial charge is 0.407 e. The topological polar surface area (TPSA) is 50.9 Å². The molecule has 0 aromatic heterocycles. The van der Waals surface area contributed by atoms with Crippen LogP contribution in [0.3, 0.4) is 0 Å². The fourth-order valence-corrected chi connectivity index (χ4v) is 1.89. The molecule has 1 N–H and O–H groups in total. The zero-order valence-electron chi connectivity index (χ0n) is 11.7. The minimum atomic E-state index is -0.480. The lowest BCUT2D eigenvalue weighted by Crippen LogP contribution is -2.43. The summed E-state index contributed by atoms with van der Waals surface area (Å²) >= 11 is 0. The van der Waals surface area contributed by atoms with E-state index in [-0.39, 0.29) is 18.2 Å². The summed E-state index contributed by atoms with van der Waals surface area (Å²) in [6.45, 7) is 6.26. The molecule has 1 amide bonds. The van der Waals surface area contributed by atoms with Crippen molar-refractivity contribution in [2.45, 2.75) is 44.9 Å². The molecule has 2 rings (SSSR count). The lowest BCUT2D eigenvalue weighted by molar-refractivity contribution is 0.0495. The summed E-state index contributed by atoms with van der Waals surface area (Å²) < 4.78 is 10.6. The van der Waals surface area contributed by atoms with Crippen molar-refractivity contribution in [2.24, 2.45) is 0 Å². The Morgan fingerprint density at radius 1 is 1.42 bits per heavy atom. The van der Waals surface area contributed by atoms with Crippen molar-refractivity contribution in [3.63, 3.8) is 0 Å². The summed E-state index contributed by atoms with van der Waals surface area (Å²) in [6.07, 6.45) is 0.474. The second-order valence-corrected chi connectivity index (χ2v) is 5.81. The van der Waals surface area contributed by atoms with Gasteiger partial charge in [-0.1, -0.05) is 30.3 Å². The van der Waals surface area contributed by atoms with Gasteiger partial charge in [0.2, 0.25) is 0 Å². The molecule has 0 unspecified atom stereocenters. The molecule has 1 aromatic rings. The van der Waals surface area contributed by atoms with Crippen LogP contribution in [0, 0.1) is 0 Å². The third-order valence-electron chi connectivity index (χ3n) is 2.81. The Morgan fingerprint density at radius 2 is 2.05 bits per heavy atom. The van der Waals surface area contributed by atoms with Crippen LogP contribution in [0.15, 0.2) is 30.3 Å². The fourth-order valence-electron chi connectivity index (χ4n) is 1.89. The highest BCUT2D eigenvalue weighted by molar-refractivity contribution is 5.68. The van der Waals surface area contributed by atoms with Crippen LogP contribution in [-0.2, 0) is 15.9 Å². The molecule has 2 atom stereocenters. The molecule has 1 saturated heterocycles. The van der Waals surface area contributed by atoms with Crippen molar-refractivity contribution >= 4 is 6.09 Å². The Kier molecular flexibility index (Phi) is 4.10. The minimum Gasteiger partial charge on any atom is -0.444 e. The molecular weight excluding hydrogens is 242 g/mol. The van der Waals surface area contributed by atoms with E-state index < -0.39 is 5.60 Å². The number of amides is 1. The molecule has 0 bridgehead atoms. The van der Waals surface area contributed by atoms with Crippen molar-refractivity contribution in [2.75, 3.05) is 6.61 Å². The molecule has 19 heavy (non-hydrogen) atoms. The summed E-state index contributed by atoms with van der Waals surface area (Å²) in [5.41, 5.74) is 0.699. The summed E-state index contributed by atoms with van der Waals surface area (Å²) in [5.74, 6) is 0. The average molecular weight is 263 g/mol. The molecule has 0 radical (unpaired) electrons. The molecule has 1 aliphatic rings. The number of carbonyl (C=O) groups excluding carboxylic acids is 1. The molecule has 104 valence electrons. The first kappa shape index (κ1) is 13.9. The summed E-state index contributed by atoms with van der Waals surface area (Å²) in [5, 5.41) is 2.90. The third-order valence-corrected chi connectivity index (χ3v) is 2.81. The van der Waals surface area contributed by atoms with Crippen LogP contribution in [0.1, 0.15) is 26.3 Å². The van der Waals surface area contributed by atoms with Gasteiger partial charge >= 0.3 is 6.09 Å². The van der Waals surface area contributed by atoms with Crippen LogP contribution in [0.5, 0.6) is 0 Å². The number of hydrogen-bond donors (Lipinski definition) is 1. The van der Waals surface area contributed by atoms with Crippen LogP contribution in [0.2, 0.25) is 0 Å². The number of benzene rings is 1. The molecule has 0 saturated carbocycles. The molecule has 1 heterocycles. The number of epoxide rings is 1. The summed E-state index contributed by atoms with van der Waals surface area (Å²) in [6, 6.07) is 10.0. The van der Waals surface area contributed by atoms with E-state index in [0.717, 1.165) is 6.42 Å². The van der Waals surface area contributed by atoms with Gasteiger partial charge in [0.15, 0.2) is 0 Å². The van der Waals surface area contributed by atoms with Crippen LogP contribution < -0.4 is 5.32 Å². The predicted molar refractivity (Wildman–Crippen MR) is 73.0 cm³/mol. The van der Waals surface area contributed by atoms with Gasteiger partial charge in [0, 0.05) is 0 Å². The second-order valence-electron chi connectivity index (χ2n) is 5.81. The van der Waals surface area contributed by atoms with Gasteiger partial charge in [-0.05, 0) is 32.8 Å². The average Bonchev–Trinajstić information content (AvgIpc) is 3.10. The summed E-state index contributed by atoms with van der Waals surface area (Å²) in [4.78, 5) is 11.8. The van der Waals surface area contributed by atoms with Crippen LogP contribution >= 0.6 is 0 Å². The van der Waals surface area contributed by atoms with Gasteiger partial charge in [0.25, 0.3) is 0 Å². The number of alkyl carbamates (subject to hydrolysis) is 1. The zero-order chi connectivity index (χ0) is 13.9. The molecule has 1 fully saturated rings. The quantitative estimate of drug-likeness (QED) is 0.849. The highest BCUT2D eigenvalue weighted by Gasteiger charge is 2.34. The molecule has 4 heteroatoms. The predicted octanol–water partition coefficient (Wildman–Crippen LogP) is 2.52. The van der Waals surface area contributed by atoms with E-state index >= 15 is 0 Å². The van der Waals surface area contributed by atoms with E-state index in [1.807, 2.05) is 51.1 Å². The normalized spacial score (nSPS) is 19.6. The first-order valence-corrected chi connectivity index (χ1v) is 6.59. The molecular formula is C15H21NO3. The number of carbonyl (C=O) groups is 1. The van der Waals surface area contributed by atoms with Gasteiger partial charge < -0.3 is 14.8 Å². The van der Waals surface area contributed by atoms with Gasteiger partial charge in [0.1, 0.15) is 11.7 Å².